The Hall–Kier alpha value is -1.80. The van der Waals surface area contributed by atoms with Gasteiger partial charge in [0.25, 0.3) is 0 Å². The fourth-order valence-electron chi connectivity index (χ4n) is 3.01. The second kappa shape index (κ2) is 4.46. The van der Waals surface area contributed by atoms with Gasteiger partial charge in [0.05, 0.1) is 6.04 Å². The SMILES string of the molecule is C#C[C@H]1CC[C@H]2CN(c3nccnc3N)CCN21. The molecular formula is C13H17N5. The second-order valence-electron chi connectivity index (χ2n) is 4.86. The van der Waals surface area contributed by atoms with Crippen molar-refractivity contribution in [2.24, 2.45) is 0 Å². The number of anilines is 2. The van der Waals surface area contributed by atoms with Gasteiger partial charge in [-0.3, -0.25) is 4.90 Å². The standard InChI is InChI=1S/C13H17N5/c1-2-10-3-4-11-9-17(7-8-18(10)11)13-12(14)15-5-6-16-13/h1,5-6,10-11H,3-4,7-9H2,(H2,14,15)/t10-,11-/m0/s1. The van der Waals surface area contributed by atoms with Crippen molar-refractivity contribution >= 4 is 11.6 Å². The third kappa shape index (κ3) is 1.79. The molecule has 2 atom stereocenters. The summed E-state index contributed by atoms with van der Waals surface area (Å²) >= 11 is 0. The highest BCUT2D eigenvalue weighted by Gasteiger charge is 2.37. The van der Waals surface area contributed by atoms with Crippen molar-refractivity contribution in [1.82, 2.24) is 14.9 Å². The molecule has 2 N–H and O–H groups in total. The highest BCUT2D eigenvalue weighted by molar-refractivity contribution is 5.57. The topological polar surface area (TPSA) is 58.3 Å². The number of nitrogens with zero attached hydrogens (tertiary/aromatic N) is 4. The molecule has 0 amide bonds. The first-order valence-electron chi connectivity index (χ1n) is 6.33. The van der Waals surface area contributed by atoms with Crippen molar-refractivity contribution in [3.63, 3.8) is 0 Å². The van der Waals surface area contributed by atoms with Gasteiger partial charge in [0, 0.05) is 38.1 Å². The second-order valence-corrected chi connectivity index (χ2v) is 4.86. The number of piperazine rings is 1. The molecule has 0 bridgehead atoms. The molecule has 3 heterocycles. The van der Waals surface area contributed by atoms with E-state index in [1.807, 2.05) is 0 Å². The van der Waals surface area contributed by atoms with E-state index in [2.05, 4.69) is 25.7 Å². The molecule has 0 aromatic carbocycles. The van der Waals surface area contributed by atoms with E-state index in [9.17, 15) is 0 Å². The van der Waals surface area contributed by atoms with E-state index in [-0.39, 0.29) is 0 Å². The average Bonchev–Trinajstić information content (AvgIpc) is 2.81. The molecular weight excluding hydrogens is 226 g/mol. The van der Waals surface area contributed by atoms with Crippen LogP contribution in [0.3, 0.4) is 0 Å². The number of nitrogen functional groups attached to an aromatic ring is 1. The van der Waals surface area contributed by atoms with Crippen LogP contribution in [0.1, 0.15) is 12.8 Å². The van der Waals surface area contributed by atoms with Gasteiger partial charge in [-0.1, -0.05) is 5.92 Å². The molecule has 0 spiro atoms. The molecule has 1 aromatic heterocycles. The fraction of sp³-hybridized carbons (Fsp3) is 0.538. The van der Waals surface area contributed by atoms with Crippen LogP contribution in [-0.4, -0.2) is 46.6 Å². The summed E-state index contributed by atoms with van der Waals surface area (Å²) in [5, 5.41) is 0. The first-order chi connectivity index (χ1) is 8.79. The van der Waals surface area contributed by atoms with Crippen molar-refractivity contribution < 1.29 is 0 Å². The van der Waals surface area contributed by atoms with E-state index < -0.39 is 0 Å². The maximum Gasteiger partial charge on any atom is 0.171 e. The number of rotatable bonds is 1. The molecule has 94 valence electrons. The molecule has 0 unspecified atom stereocenters. The first-order valence-corrected chi connectivity index (χ1v) is 6.33. The van der Waals surface area contributed by atoms with Gasteiger partial charge in [-0.2, -0.15) is 0 Å². The molecule has 2 fully saturated rings. The van der Waals surface area contributed by atoms with Crippen LogP contribution >= 0.6 is 0 Å². The molecule has 5 nitrogen and oxygen atoms in total. The summed E-state index contributed by atoms with van der Waals surface area (Å²) in [6, 6.07) is 0.845. The van der Waals surface area contributed by atoms with Gasteiger partial charge in [-0.05, 0) is 12.8 Å². The van der Waals surface area contributed by atoms with E-state index in [4.69, 9.17) is 12.2 Å². The molecule has 18 heavy (non-hydrogen) atoms. The summed E-state index contributed by atoms with van der Waals surface area (Å²) in [5.41, 5.74) is 5.88. The first kappa shape index (κ1) is 11.3. The van der Waals surface area contributed by atoms with Crippen LogP contribution in [0.2, 0.25) is 0 Å². The Labute approximate surface area is 107 Å². The highest BCUT2D eigenvalue weighted by Crippen LogP contribution is 2.29. The molecule has 0 radical (unpaired) electrons. The van der Waals surface area contributed by atoms with Gasteiger partial charge in [-0.25, -0.2) is 9.97 Å². The Kier molecular flexibility index (Phi) is 2.80. The zero-order valence-electron chi connectivity index (χ0n) is 10.3. The summed E-state index contributed by atoms with van der Waals surface area (Å²) < 4.78 is 0. The van der Waals surface area contributed by atoms with Crippen LogP contribution in [0.25, 0.3) is 0 Å². The van der Waals surface area contributed by atoms with Crippen molar-refractivity contribution in [2.75, 3.05) is 30.3 Å². The van der Waals surface area contributed by atoms with Crippen LogP contribution in [0, 0.1) is 12.3 Å². The zero-order chi connectivity index (χ0) is 12.5. The summed E-state index contributed by atoms with van der Waals surface area (Å²) in [6.07, 6.45) is 11.1. The third-order valence-electron chi connectivity index (χ3n) is 3.90. The van der Waals surface area contributed by atoms with E-state index in [1.165, 1.54) is 0 Å². The summed E-state index contributed by atoms with van der Waals surface area (Å²) in [5.74, 6) is 4.20. The largest absolute Gasteiger partial charge is 0.381 e. The minimum absolute atomic E-state index is 0.316. The molecule has 1 aromatic rings. The number of terminal acetylenes is 1. The third-order valence-corrected chi connectivity index (χ3v) is 3.90. The molecule has 0 saturated carbocycles. The summed E-state index contributed by atoms with van der Waals surface area (Å²) in [4.78, 5) is 13.1. The van der Waals surface area contributed by atoms with Gasteiger partial charge >= 0.3 is 0 Å². The Morgan fingerprint density at radius 2 is 2.11 bits per heavy atom. The predicted molar refractivity (Wildman–Crippen MR) is 71.0 cm³/mol. The van der Waals surface area contributed by atoms with Crippen molar-refractivity contribution in [2.45, 2.75) is 24.9 Å². The maximum absolute atomic E-state index is 5.88. The Morgan fingerprint density at radius 3 is 2.89 bits per heavy atom. The predicted octanol–water partition coefficient (Wildman–Crippen LogP) is 0.345. The van der Waals surface area contributed by atoms with Crippen LogP contribution < -0.4 is 10.6 Å². The quantitative estimate of drug-likeness (QED) is 0.721. The minimum atomic E-state index is 0.316. The van der Waals surface area contributed by atoms with Gasteiger partial charge in [0.2, 0.25) is 0 Å². The minimum Gasteiger partial charge on any atom is -0.381 e. The summed E-state index contributed by atoms with van der Waals surface area (Å²) in [7, 11) is 0. The number of hydrogen-bond donors (Lipinski definition) is 1. The van der Waals surface area contributed by atoms with Gasteiger partial charge < -0.3 is 10.6 Å². The van der Waals surface area contributed by atoms with Crippen LogP contribution in [0.15, 0.2) is 12.4 Å². The normalized spacial score (nSPS) is 27.8. The number of nitrogens with two attached hydrogens (primary N) is 1. The number of fused-ring (bicyclic) bond motifs is 1. The Morgan fingerprint density at radius 1 is 1.28 bits per heavy atom. The maximum atomic E-state index is 5.88. The fourth-order valence-corrected chi connectivity index (χ4v) is 3.01. The zero-order valence-corrected chi connectivity index (χ0v) is 10.3. The monoisotopic (exact) mass is 243 g/mol. The van der Waals surface area contributed by atoms with Gasteiger partial charge in [0.1, 0.15) is 0 Å². The van der Waals surface area contributed by atoms with E-state index in [0.29, 0.717) is 17.9 Å². The number of aromatic nitrogens is 2. The van der Waals surface area contributed by atoms with Crippen molar-refractivity contribution in [3.8, 4) is 12.3 Å². The molecule has 0 aliphatic carbocycles. The summed E-state index contributed by atoms with van der Waals surface area (Å²) in [6.45, 7) is 2.84. The Balaban J connectivity index is 1.77. The lowest BCUT2D eigenvalue weighted by atomic mass is 10.1. The van der Waals surface area contributed by atoms with E-state index in [1.54, 1.807) is 12.4 Å². The van der Waals surface area contributed by atoms with Crippen LogP contribution in [-0.2, 0) is 0 Å². The lowest BCUT2D eigenvalue weighted by Gasteiger charge is -2.39. The van der Waals surface area contributed by atoms with Crippen molar-refractivity contribution in [1.29, 1.82) is 0 Å². The van der Waals surface area contributed by atoms with Gasteiger partial charge in [0.15, 0.2) is 11.6 Å². The molecule has 5 heteroatoms. The molecule has 2 aliphatic rings. The highest BCUT2D eigenvalue weighted by atomic mass is 15.3. The molecule has 3 rings (SSSR count). The average molecular weight is 243 g/mol. The molecule has 2 aliphatic heterocycles. The number of hydrogen-bond acceptors (Lipinski definition) is 5. The van der Waals surface area contributed by atoms with E-state index >= 15 is 0 Å². The lowest BCUT2D eigenvalue weighted by Crippen LogP contribution is -2.52. The van der Waals surface area contributed by atoms with Crippen LogP contribution in [0.4, 0.5) is 11.6 Å². The van der Waals surface area contributed by atoms with Gasteiger partial charge in [-0.15, -0.1) is 6.42 Å². The smallest absolute Gasteiger partial charge is 0.171 e. The lowest BCUT2D eigenvalue weighted by molar-refractivity contribution is 0.203. The van der Waals surface area contributed by atoms with Crippen LogP contribution in [0.5, 0.6) is 0 Å². The Bertz CT molecular complexity index is 481. The van der Waals surface area contributed by atoms with Crippen molar-refractivity contribution in [3.05, 3.63) is 12.4 Å². The molecule has 2 saturated heterocycles. The van der Waals surface area contributed by atoms with E-state index in [0.717, 1.165) is 38.3 Å².